The van der Waals surface area contributed by atoms with Crippen LogP contribution in [0.1, 0.15) is 25.7 Å². The number of amides is 1. The summed E-state index contributed by atoms with van der Waals surface area (Å²) in [6.07, 6.45) is -2.00. The van der Waals surface area contributed by atoms with Crippen molar-refractivity contribution in [2.24, 2.45) is 0 Å². The number of rotatable bonds is 4. The van der Waals surface area contributed by atoms with Gasteiger partial charge in [-0.25, -0.2) is 0 Å². The zero-order valence-electron chi connectivity index (χ0n) is 9.29. The van der Waals surface area contributed by atoms with Crippen LogP contribution < -0.4 is 5.32 Å². The molecule has 100 valence electrons. The fourth-order valence-electron chi connectivity index (χ4n) is 1.79. The number of ether oxygens (including phenoxy) is 1. The third-order valence-electron chi connectivity index (χ3n) is 2.57. The standard InChI is InChI=1S/C10H16F3NO3/c11-10(12,13)6-17-5-9(16)14-7-3-1-2-4-8(7)15/h7-8,15H,1-6H2,(H,14,16)/t7-,8-/m1/s1. The first kappa shape index (κ1) is 14.2. The van der Waals surface area contributed by atoms with Crippen molar-refractivity contribution in [2.45, 2.75) is 44.0 Å². The lowest BCUT2D eigenvalue weighted by Gasteiger charge is -2.28. The summed E-state index contributed by atoms with van der Waals surface area (Å²) in [5, 5.41) is 12.0. The van der Waals surface area contributed by atoms with Crippen molar-refractivity contribution in [2.75, 3.05) is 13.2 Å². The van der Waals surface area contributed by atoms with Gasteiger partial charge in [-0.2, -0.15) is 13.2 Å². The van der Waals surface area contributed by atoms with E-state index >= 15 is 0 Å². The summed E-state index contributed by atoms with van der Waals surface area (Å²) >= 11 is 0. The topological polar surface area (TPSA) is 58.6 Å². The van der Waals surface area contributed by atoms with Crippen LogP contribution in [0.4, 0.5) is 13.2 Å². The molecule has 1 saturated carbocycles. The van der Waals surface area contributed by atoms with Crippen molar-refractivity contribution in [1.82, 2.24) is 5.32 Å². The highest BCUT2D eigenvalue weighted by atomic mass is 19.4. The lowest BCUT2D eigenvalue weighted by atomic mass is 9.92. The van der Waals surface area contributed by atoms with Gasteiger partial charge in [-0.15, -0.1) is 0 Å². The third-order valence-corrected chi connectivity index (χ3v) is 2.57. The van der Waals surface area contributed by atoms with Crippen molar-refractivity contribution in [3.8, 4) is 0 Å². The molecule has 4 nitrogen and oxygen atoms in total. The van der Waals surface area contributed by atoms with Crippen LogP contribution in [0, 0.1) is 0 Å². The molecule has 1 amide bonds. The van der Waals surface area contributed by atoms with E-state index in [2.05, 4.69) is 10.1 Å². The van der Waals surface area contributed by atoms with Gasteiger partial charge >= 0.3 is 6.18 Å². The fraction of sp³-hybridized carbons (Fsp3) is 0.900. The number of alkyl halides is 3. The first-order valence-electron chi connectivity index (χ1n) is 5.50. The van der Waals surface area contributed by atoms with Crippen LogP contribution in [-0.2, 0) is 9.53 Å². The number of aliphatic hydroxyl groups is 1. The Morgan fingerprint density at radius 3 is 2.59 bits per heavy atom. The average Bonchev–Trinajstić information content (AvgIpc) is 2.19. The number of nitrogens with one attached hydrogen (secondary N) is 1. The largest absolute Gasteiger partial charge is 0.411 e. The Morgan fingerprint density at radius 1 is 1.35 bits per heavy atom. The molecular weight excluding hydrogens is 239 g/mol. The van der Waals surface area contributed by atoms with Crippen molar-refractivity contribution < 1.29 is 27.8 Å². The van der Waals surface area contributed by atoms with Gasteiger partial charge in [-0.1, -0.05) is 12.8 Å². The van der Waals surface area contributed by atoms with E-state index < -0.39 is 31.4 Å². The highest BCUT2D eigenvalue weighted by Crippen LogP contribution is 2.18. The van der Waals surface area contributed by atoms with E-state index in [0.717, 1.165) is 12.8 Å². The van der Waals surface area contributed by atoms with E-state index in [1.165, 1.54) is 0 Å². The Bertz CT molecular complexity index is 258. The molecule has 7 heteroatoms. The highest BCUT2D eigenvalue weighted by Gasteiger charge is 2.28. The van der Waals surface area contributed by atoms with Gasteiger partial charge in [0.15, 0.2) is 0 Å². The number of halogens is 3. The molecular formula is C10H16F3NO3. The summed E-state index contributed by atoms with van der Waals surface area (Å²) in [6, 6.07) is -0.370. The normalized spacial score (nSPS) is 25.6. The first-order valence-corrected chi connectivity index (χ1v) is 5.50. The molecule has 2 N–H and O–H groups in total. The summed E-state index contributed by atoms with van der Waals surface area (Å²) in [5.41, 5.74) is 0. The van der Waals surface area contributed by atoms with Gasteiger partial charge in [0, 0.05) is 0 Å². The molecule has 0 aliphatic heterocycles. The molecule has 2 atom stereocenters. The number of carbonyl (C=O) groups excluding carboxylic acids is 1. The third kappa shape index (κ3) is 5.88. The van der Waals surface area contributed by atoms with Gasteiger partial charge in [0.2, 0.25) is 5.91 Å². The van der Waals surface area contributed by atoms with Gasteiger partial charge in [0.1, 0.15) is 13.2 Å². The van der Waals surface area contributed by atoms with Crippen LogP contribution in [0.15, 0.2) is 0 Å². The second kappa shape index (κ2) is 6.20. The number of hydrogen-bond donors (Lipinski definition) is 2. The van der Waals surface area contributed by atoms with Crippen molar-refractivity contribution in [3.05, 3.63) is 0 Å². The smallest absolute Gasteiger partial charge is 0.391 e. The molecule has 0 aromatic rings. The quantitative estimate of drug-likeness (QED) is 0.787. The highest BCUT2D eigenvalue weighted by molar-refractivity contribution is 5.77. The Labute approximate surface area is 97.1 Å². The van der Waals surface area contributed by atoms with Crippen molar-refractivity contribution >= 4 is 5.91 Å². The molecule has 1 aliphatic rings. The number of aliphatic hydroxyl groups excluding tert-OH is 1. The molecule has 0 spiro atoms. The molecule has 0 aromatic carbocycles. The van der Waals surface area contributed by atoms with E-state index in [1.807, 2.05) is 0 Å². The minimum Gasteiger partial charge on any atom is -0.391 e. The lowest BCUT2D eigenvalue weighted by Crippen LogP contribution is -2.46. The van der Waals surface area contributed by atoms with E-state index in [0.29, 0.717) is 12.8 Å². The maximum Gasteiger partial charge on any atom is 0.411 e. The van der Waals surface area contributed by atoms with Crippen molar-refractivity contribution in [1.29, 1.82) is 0 Å². The molecule has 0 bridgehead atoms. The monoisotopic (exact) mass is 255 g/mol. The molecule has 1 aliphatic carbocycles. The summed E-state index contributed by atoms with van der Waals surface area (Å²) in [7, 11) is 0. The first-order chi connectivity index (χ1) is 7.88. The van der Waals surface area contributed by atoms with Crippen LogP contribution in [0.3, 0.4) is 0 Å². The molecule has 1 fully saturated rings. The lowest BCUT2D eigenvalue weighted by molar-refractivity contribution is -0.176. The van der Waals surface area contributed by atoms with E-state index in [1.54, 1.807) is 0 Å². The minimum atomic E-state index is -4.43. The Hall–Kier alpha value is -0.820. The van der Waals surface area contributed by atoms with Crippen LogP contribution in [-0.4, -0.2) is 42.5 Å². The van der Waals surface area contributed by atoms with Crippen LogP contribution in [0.5, 0.6) is 0 Å². The SMILES string of the molecule is O=C(COCC(F)(F)F)N[C@@H]1CCCC[C@H]1O. The second-order valence-corrected chi connectivity index (χ2v) is 4.13. The summed E-state index contributed by atoms with van der Waals surface area (Å²) in [4.78, 5) is 11.2. The Balaban J connectivity index is 2.20. The van der Waals surface area contributed by atoms with Gasteiger partial charge in [0.05, 0.1) is 12.1 Å². The number of hydrogen-bond acceptors (Lipinski definition) is 3. The molecule has 17 heavy (non-hydrogen) atoms. The Kier molecular flexibility index (Phi) is 5.20. The summed E-state index contributed by atoms with van der Waals surface area (Å²) in [6.45, 7) is -2.07. The maximum absolute atomic E-state index is 11.7. The Morgan fingerprint density at radius 2 is 2.00 bits per heavy atom. The summed E-state index contributed by atoms with van der Waals surface area (Å²) < 4.78 is 39.4. The minimum absolute atomic E-state index is 0.370. The summed E-state index contributed by atoms with van der Waals surface area (Å²) in [5.74, 6) is -0.625. The molecule has 1 rings (SSSR count). The van der Waals surface area contributed by atoms with Crippen molar-refractivity contribution in [3.63, 3.8) is 0 Å². The van der Waals surface area contributed by atoms with Gasteiger partial charge in [-0.3, -0.25) is 4.79 Å². The average molecular weight is 255 g/mol. The van der Waals surface area contributed by atoms with Crippen LogP contribution in [0.2, 0.25) is 0 Å². The van der Waals surface area contributed by atoms with Crippen LogP contribution >= 0.6 is 0 Å². The van der Waals surface area contributed by atoms with E-state index in [4.69, 9.17) is 0 Å². The molecule has 0 unspecified atom stereocenters. The molecule has 0 saturated heterocycles. The molecule has 0 aromatic heterocycles. The zero-order chi connectivity index (χ0) is 12.9. The molecule has 0 heterocycles. The number of carbonyl (C=O) groups is 1. The van der Waals surface area contributed by atoms with E-state index in [9.17, 15) is 23.1 Å². The molecule has 0 radical (unpaired) electrons. The zero-order valence-corrected chi connectivity index (χ0v) is 9.29. The van der Waals surface area contributed by atoms with Gasteiger partial charge in [-0.05, 0) is 12.8 Å². The van der Waals surface area contributed by atoms with E-state index in [-0.39, 0.29) is 6.04 Å². The van der Waals surface area contributed by atoms with Crippen LogP contribution in [0.25, 0.3) is 0 Å². The van der Waals surface area contributed by atoms with Gasteiger partial charge in [0.25, 0.3) is 0 Å². The predicted octanol–water partition coefficient (Wildman–Crippen LogP) is 0.985. The predicted molar refractivity (Wildman–Crippen MR) is 53.3 cm³/mol. The second-order valence-electron chi connectivity index (χ2n) is 4.13. The van der Waals surface area contributed by atoms with Gasteiger partial charge < -0.3 is 15.2 Å². The fourth-order valence-corrected chi connectivity index (χ4v) is 1.79. The maximum atomic E-state index is 11.7.